The molecule has 0 amide bonds. The second-order valence-electron chi connectivity index (χ2n) is 4.50. The highest BCUT2D eigenvalue weighted by Gasteiger charge is 2.27. The number of aromatic carboxylic acids is 1. The Bertz CT molecular complexity index is 601. The second kappa shape index (κ2) is 3.87. The summed E-state index contributed by atoms with van der Waals surface area (Å²) in [4.78, 5) is 11.0. The summed E-state index contributed by atoms with van der Waals surface area (Å²) in [5.74, 6) is -0.360. The molecule has 0 radical (unpaired) electrons. The molecule has 0 spiro atoms. The topological polar surface area (TPSA) is 67.2 Å². The van der Waals surface area contributed by atoms with Crippen molar-refractivity contribution in [3.05, 3.63) is 47.2 Å². The first kappa shape index (κ1) is 10.8. The molecule has 2 N–H and O–H groups in total. The first-order valence-electron chi connectivity index (χ1n) is 5.77. The number of benzene rings is 1. The van der Waals surface area contributed by atoms with Crippen LogP contribution in [0.5, 0.6) is 0 Å². The molecule has 5 heteroatoms. The van der Waals surface area contributed by atoms with Gasteiger partial charge < -0.3 is 10.4 Å². The molecule has 1 aliphatic rings. The molecule has 92 valence electrons. The van der Waals surface area contributed by atoms with Gasteiger partial charge in [0, 0.05) is 0 Å². The van der Waals surface area contributed by atoms with E-state index in [2.05, 4.69) is 34.7 Å². The Balaban J connectivity index is 1.89. The minimum Gasteiger partial charge on any atom is -0.477 e. The molecule has 1 atom stereocenters. The lowest BCUT2D eigenvalue weighted by Gasteiger charge is -2.11. The zero-order valence-corrected chi connectivity index (χ0v) is 9.92. The molecular weight excluding hydrogens is 230 g/mol. The summed E-state index contributed by atoms with van der Waals surface area (Å²) >= 11 is 0. The van der Waals surface area contributed by atoms with Crippen molar-refractivity contribution in [3.8, 4) is 0 Å². The molecule has 2 heterocycles. The van der Waals surface area contributed by atoms with Crippen molar-refractivity contribution in [2.45, 2.75) is 19.5 Å². The van der Waals surface area contributed by atoms with Crippen LogP contribution < -0.4 is 5.32 Å². The van der Waals surface area contributed by atoms with Crippen LogP contribution in [0.1, 0.15) is 27.5 Å². The van der Waals surface area contributed by atoms with Crippen LogP contribution in [0, 0.1) is 6.92 Å². The molecule has 3 rings (SSSR count). The van der Waals surface area contributed by atoms with Crippen molar-refractivity contribution in [1.82, 2.24) is 9.78 Å². The van der Waals surface area contributed by atoms with E-state index in [0.717, 1.165) is 5.56 Å². The Hall–Kier alpha value is -2.30. The zero-order chi connectivity index (χ0) is 12.7. The number of nitrogens with one attached hydrogen (secondary N) is 1. The maximum Gasteiger partial charge on any atom is 0.341 e. The van der Waals surface area contributed by atoms with Gasteiger partial charge in [0.05, 0.1) is 18.8 Å². The minimum atomic E-state index is -0.951. The molecule has 0 aliphatic carbocycles. The second-order valence-corrected chi connectivity index (χ2v) is 4.50. The lowest BCUT2D eigenvalue weighted by Crippen LogP contribution is -2.08. The van der Waals surface area contributed by atoms with Gasteiger partial charge in [-0.1, -0.05) is 29.8 Å². The summed E-state index contributed by atoms with van der Waals surface area (Å²) in [6.45, 7) is 2.70. The molecule has 0 saturated heterocycles. The van der Waals surface area contributed by atoms with E-state index in [0.29, 0.717) is 12.4 Å². The van der Waals surface area contributed by atoms with E-state index in [-0.39, 0.29) is 11.6 Å². The number of aromatic nitrogens is 2. The average molecular weight is 243 g/mol. The van der Waals surface area contributed by atoms with E-state index in [9.17, 15) is 4.79 Å². The van der Waals surface area contributed by atoms with Crippen LogP contribution >= 0.6 is 0 Å². The third-order valence-corrected chi connectivity index (χ3v) is 3.22. The van der Waals surface area contributed by atoms with Gasteiger partial charge in [-0.05, 0) is 12.5 Å². The number of hydrogen-bond donors (Lipinski definition) is 2. The van der Waals surface area contributed by atoms with Crippen molar-refractivity contribution in [1.29, 1.82) is 0 Å². The fourth-order valence-electron chi connectivity index (χ4n) is 2.20. The molecule has 1 aromatic carbocycles. The van der Waals surface area contributed by atoms with Gasteiger partial charge in [0.25, 0.3) is 0 Å². The highest BCUT2D eigenvalue weighted by molar-refractivity contribution is 5.93. The van der Waals surface area contributed by atoms with Gasteiger partial charge in [0.15, 0.2) is 0 Å². The van der Waals surface area contributed by atoms with Crippen LogP contribution in [-0.4, -0.2) is 20.9 Å². The van der Waals surface area contributed by atoms with E-state index in [1.807, 2.05) is 6.92 Å². The van der Waals surface area contributed by atoms with Crippen LogP contribution in [0.4, 0.5) is 5.82 Å². The smallest absolute Gasteiger partial charge is 0.341 e. The predicted octanol–water partition coefficient (Wildman–Crippen LogP) is 2.06. The standard InChI is InChI=1S/C13H13N3O2/c1-8-2-4-9(5-3-8)11-7-16-12(15-11)10(6-14-16)13(17)18/h2-6,11,15H,7H2,1H3,(H,17,18)/t11-/m0/s1. The van der Waals surface area contributed by atoms with Crippen molar-refractivity contribution in [2.24, 2.45) is 0 Å². The quantitative estimate of drug-likeness (QED) is 0.847. The summed E-state index contributed by atoms with van der Waals surface area (Å²) in [7, 11) is 0. The van der Waals surface area contributed by atoms with Crippen LogP contribution in [0.3, 0.4) is 0 Å². The summed E-state index contributed by atoms with van der Waals surface area (Å²) < 4.78 is 1.70. The minimum absolute atomic E-state index is 0.0902. The Morgan fingerprint density at radius 3 is 2.83 bits per heavy atom. The number of fused-ring (bicyclic) bond motifs is 1. The van der Waals surface area contributed by atoms with Crippen LogP contribution in [0.25, 0.3) is 0 Å². The van der Waals surface area contributed by atoms with E-state index in [1.54, 1.807) is 4.68 Å². The Kier molecular flexibility index (Phi) is 2.33. The number of nitrogens with zero attached hydrogens (tertiary/aromatic N) is 2. The Morgan fingerprint density at radius 2 is 2.17 bits per heavy atom. The van der Waals surface area contributed by atoms with Gasteiger partial charge in [-0.3, -0.25) is 0 Å². The molecule has 0 unspecified atom stereocenters. The van der Waals surface area contributed by atoms with Gasteiger partial charge in [-0.25, -0.2) is 9.48 Å². The fraction of sp³-hybridized carbons (Fsp3) is 0.231. The molecular formula is C13H13N3O2. The number of carboxylic acids is 1. The zero-order valence-electron chi connectivity index (χ0n) is 9.92. The third kappa shape index (κ3) is 1.64. The molecule has 5 nitrogen and oxygen atoms in total. The van der Waals surface area contributed by atoms with Crippen LogP contribution in [0.15, 0.2) is 30.5 Å². The number of carbonyl (C=O) groups is 1. The lowest BCUT2D eigenvalue weighted by molar-refractivity contribution is 0.0698. The number of hydrogen-bond acceptors (Lipinski definition) is 3. The number of aryl methyl sites for hydroxylation is 1. The number of anilines is 1. The normalized spacial score (nSPS) is 17.3. The van der Waals surface area contributed by atoms with E-state index < -0.39 is 5.97 Å². The largest absolute Gasteiger partial charge is 0.477 e. The third-order valence-electron chi connectivity index (χ3n) is 3.22. The maximum atomic E-state index is 11.0. The lowest BCUT2D eigenvalue weighted by atomic mass is 10.1. The van der Waals surface area contributed by atoms with E-state index in [1.165, 1.54) is 11.8 Å². The maximum absolute atomic E-state index is 11.0. The first-order chi connectivity index (χ1) is 8.65. The fourth-order valence-corrected chi connectivity index (χ4v) is 2.20. The Labute approximate surface area is 104 Å². The molecule has 0 bridgehead atoms. The average Bonchev–Trinajstić information content (AvgIpc) is 2.88. The highest BCUT2D eigenvalue weighted by atomic mass is 16.4. The van der Waals surface area contributed by atoms with E-state index >= 15 is 0 Å². The first-order valence-corrected chi connectivity index (χ1v) is 5.77. The molecule has 0 saturated carbocycles. The molecule has 0 fully saturated rings. The van der Waals surface area contributed by atoms with Crippen molar-refractivity contribution < 1.29 is 9.90 Å². The predicted molar refractivity (Wildman–Crippen MR) is 66.7 cm³/mol. The van der Waals surface area contributed by atoms with Gasteiger partial charge in [-0.15, -0.1) is 0 Å². The summed E-state index contributed by atoms with van der Waals surface area (Å²) in [6.07, 6.45) is 1.38. The van der Waals surface area contributed by atoms with Gasteiger partial charge in [0.2, 0.25) is 0 Å². The van der Waals surface area contributed by atoms with E-state index in [4.69, 9.17) is 5.11 Å². The Morgan fingerprint density at radius 1 is 1.44 bits per heavy atom. The monoisotopic (exact) mass is 243 g/mol. The molecule has 1 aliphatic heterocycles. The number of rotatable bonds is 2. The summed E-state index contributed by atoms with van der Waals surface area (Å²) in [5.41, 5.74) is 2.58. The van der Waals surface area contributed by atoms with Crippen molar-refractivity contribution in [3.63, 3.8) is 0 Å². The molecule has 18 heavy (non-hydrogen) atoms. The summed E-state index contributed by atoms with van der Waals surface area (Å²) in [5, 5.41) is 16.3. The van der Waals surface area contributed by atoms with Crippen molar-refractivity contribution in [2.75, 3.05) is 5.32 Å². The van der Waals surface area contributed by atoms with Gasteiger partial charge in [0.1, 0.15) is 11.4 Å². The van der Waals surface area contributed by atoms with Crippen molar-refractivity contribution >= 4 is 11.8 Å². The van der Waals surface area contributed by atoms with Gasteiger partial charge >= 0.3 is 5.97 Å². The van der Waals surface area contributed by atoms with Crippen LogP contribution in [-0.2, 0) is 6.54 Å². The molecule has 2 aromatic rings. The SMILES string of the molecule is Cc1ccc([C@@H]2Cn3ncc(C(=O)O)c3N2)cc1. The van der Waals surface area contributed by atoms with Gasteiger partial charge in [-0.2, -0.15) is 5.10 Å². The summed E-state index contributed by atoms with van der Waals surface area (Å²) in [6, 6.07) is 8.30. The number of carboxylic acid groups (broad SMARTS) is 1. The van der Waals surface area contributed by atoms with Crippen LogP contribution in [0.2, 0.25) is 0 Å². The molecule has 1 aromatic heterocycles. The highest BCUT2D eigenvalue weighted by Crippen LogP contribution is 2.31.